The van der Waals surface area contributed by atoms with Gasteiger partial charge in [-0.3, -0.25) is 9.36 Å². The molecule has 3 N–H and O–H groups in total. The number of hydrogen-bond acceptors (Lipinski definition) is 6. The van der Waals surface area contributed by atoms with Gasteiger partial charge in [0.1, 0.15) is 29.3 Å². The number of nitrogen functional groups attached to an aromatic ring is 1. The van der Waals surface area contributed by atoms with Gasteiger partial charge in [0, 0.05) is 31.3 Å². The standard InChI is InChI=1S/C27H27FN6O2/c1-30-14-5-8-22(35)33-15-13-19(16-33)34-25(28)23(24-26(29)31-17-32-27(24)34)18-9-11-21(12-10-18)36-20-6-3-2-4-7-20/h2-12,17,19,30H,13-16H2,1H3,(H2,29,31,32)/b8-5+/t19-/m1/s1. The average molecular weight is 487 g/mol. The molecule has 1 amide bonds. The zero-order chi connectivity index (χ0) is 25.1. The van der Waals surface area contributed by atoms with Crippen molar-refractivity contribution in [2.75, 3.05) is 32.4 Å². The summed E-state index contributed by atoms with van der Waals surface area (Å²) < 4.78 is 23.5. The van der Waals surface area contributed by atoms with Gasteiger partial charge >= 0.3 is 0 Å². The lowest BCUT2D eigenvalue weighted by Gasteiger charge is -2.16. The van der Waals surface area contributed by atoms with Gasteiger partial charge in [0.15, 0.2) is 0 Å². The van der Waals surface area contributed by atoms with Crippen LogP contribution in [0.1, 0.15) is 12.5 Å². The van der Waals surface area contributed by atoms with Gasteiger partial charge in [-0.2, -0.15) is 4.39 Å². The Morgan fingerprint density at radius 2 is 1.92 bits per heavy atom. The first-order chi connectivity index (χ1) is 17.6. The molecular formula is C27H27FN6O2. The Bertz CT molecular complexity index is 1400. The Labute approximate surface area is 208 Å². The average Bonchev–Trinajstić information content (AvgIpc) is 3.48. The number of likely N-dealkylation sites (tertiary alicyclic amines) is 1. The molecule has 0 radical (unpaired) electrons. The number of hydrogen-bond donors (Lipinski definition) is 2. The molecule has 0 bridgehead atoms. The molecule has 1 aliphatic rings. The second-order valence-electron chi connectivity index (χ2n) is 8.62. The molecule has 2 aromatic carbocycles. The van der Waals surface area contributed by atoms with E-state index in [9.17, 15) is 4.79 Å². The highest BCUT2D eigenvalue weighted by atomic mass is 19.1. The van der Waals surface area contributed by atoms with E-state index in [1.807, 2.05) is 37.4 Å². The van der Waals surface area contributed by atoms with Crippen molar-refractivity contribution >= 4 is 22.8 Å². The maximum Gasteiger partial charge on any atom is 0.246 e. The van der Waals surface area contributed by atoms with E-state index in [0.717, 1.165) is 0 Å². The molecule has 5 rings (SSSR count). The van der Waals surface area contributed by atoms with Gasteiger partial charge in [0.05, 0.1) is 11.4 Å². The molecule has 9 heteroatoms. The predicted octanol–water partition coefficient (Wildman–Crippen LogP) is 4.16. The summed E-state index contributed by atoms with van der Waals surface area (Å²) in [4.78, 5) is 22.8. The molecule has 8 nitrogen and oxygen atoms in total. The molecule has 3 heterocycles. The Kier molecular flexibility index (Phi) is 6.64. The number of halogens is 1. The number of nitrogens with zero attached hydrogens (tertiary/aromatic N) is 4. The van der Waals surface area contributed by atoms with E-state index in [1.165, 1.54) is 6.33 Å². The summed E-state index contributed by atoms with van der Waals surface area (Å²) in [6.07, 6.45) is 5.28. The first-order valence-electron chi connectivity index (χ1n) is 11.8. The van der Waals surface area contributed by atoms with Crippen LogP contribution in [0.25, 0.3) is 22.2 Å². The summed E-state index contributed by atoms with van der Waals surface area (Å²) in [5.41, 5.74) is 7.62. The van der Waals surface area contributed by atoms with Crippen molar-refractivity contribution in [3.05, 3.63) is 79.0 Å². The Hall–Kier alpha value is -4.24. The van der Waals surface area contributed by atoms with Crippen LogP contribution in [0.2, 0.25) is 0 Å². The van der Waals surface area contributed by atoms with Crippen molar-refractivity contribution in [1.82, 2.24) is 24.8 Å². The van der Waals surface area contributed by atoms with E-state index in [0.29, 0.717) is 59.7 Å². The zero-order valence-electron chi connectivity index (χ0n) is 19.9. The molecule has 36 heavy (non-hydrogen) atoms. The minimum absolute atomic E-state index is 0.0898. The number of amides is 1. The molecule has 4 aromatic rings. The molecule has 0 unspecified atom stereocenters. The number of fused-ring (bicyclic) bond motifs is 1. The van der Waals surface area contributed by atoms with Crippen molar-refractivity contribution in [2.45, 2.75) is 12.5 Å². The fourth-order valence-electron chi connectivity index (χ4n) is 4.58. The predicted molar refractivity (Wildman–Crippen MR) is 137 cm³/mol. The van der Waals surface area contributed by atoms with E-state index in [-0.39, 0.29) is 17.8 Å². The lowest BCUT2D eigenvalue weighted by molar-refractivity contribution is -0.125. The van der Waals surface area contributed by atoms with Crippen LogP contribution in [-0.4, -0.2) is 52.0 Å². The van der Waals surface area contributed by atoms with Gasteiger partial charge in [-0.1, -0.05) is 36.4 Å². The number of likely N-dealkylation sites (N-methyl/N-ethyl adjacent to an activating group) is 1. The fraction of sp³-hybridized carbons (Fsp3) is 0.222. The fourth-order valence-corrected chi connectivity index (χ4v) is 4.58. The monoisotopic (exact) mass is 486 g/mol. The Balaban J connectivity index is 1.47. The number of nitrogens with two attached hydrogens (primary N) is 1. The summed E-state index contributed by atoms with van der Waals surface area (Å²) in [6.45, 7) is 1.53. The highest BCUT2D eigenvalue weighted by Gasteiger charge is 2.32. The van der Waals surface area contributed by atoms with Crippen LogP contribution < -0.4 is 15.8 Å². The second kappa shape index (κ2) is 10.2. The summed E-state index contributed by atoms with van der Waals surface area (Å²) in [7, 11) is 1.82. The first kappa shape index (κ1) is 23.5. The molecule has 1 fully saturated rings. The third kappa shape index (κ3) is 4.52. The maximum absolute atomic E-state index is 16.1. The van der Waals surface area contributed by atoms with Gasteiger partial charge < -0.3 is 20.7 Å². The highest BCUT2D eigenvalue weighted by molar-refractivity contribution is 6.01. The van der Waals surface area contributed by atoms with E-state index < -0.39 is 5.95 Å². The summed E-state index contributed by atoms with van der Waals surface area (Å²) >= 11 is 0. The van der Waals surface area contributed by atoms with Crippen LogP contribution in [0.3, 0.4) is 0 Å². The normalized spacial score (nSPS) is 15.7. The maximum atomic E-state index is 16.1. The third-order valence-electron chi connectivity index (χ3n) is 6.30. The number of ether oxygens (including phenoxy) is 1. The van der Waals surface area contributed by atoms with Crippen molar-refractivity contribution in [3.63, 3.8) is 0 Å². The number of carbonyl (C=O) groups excluding carboxylic acids is 1. The Morgan fingerprint density at radius 1 is 1.17 bits per heavy atom. The van der Waals surface area contributed by atoms with Crippen LogP contribution in [0.4, 0.5) is 10.2 Å². The molecule has 0 saturated carbocycles. The van der Waals surface area contributed by atoms with Crippen LogP contribution in [-0.2, 0) is 4.79 Å². The molecule has 0 aliphatic carbocycles. The van der Waals surface area contributed by atoms with E-state index >= 15 is 4.39 Å². The minimum Gasteiger partial charge on any atom is -0.457 e. The third-order valence-corrected chi connectivity index (χ3v) is 6.30. The number of para-hydroxylation sites is 1. The number of aromatic nitrogens is 3. The summed E-state index contributed by atoms with van der Waals surface area (Å²) in [6, 6.07) is 16.3. The minimum atomic E-state index is -0.445. The number of anilines is 1. The van der Waals surface area contributed by atoms with Crippen LogP contribution in [0, 0.1) is 5.95 Å². The van der Waals surface area contributed by atoms with Crippen molar-refractivity contribution < 1.29 is 13.9 Å². The molecule has 0 spiro atoms. The van der Waals surface area contributed by atoms with Gasteiger partial charge in [0.25, 0.3) is 0 Å². The first-order valence-corrected chi connectivity index (χ1v) is 11.8. The SMILES string of the molecule is CNC/C=C/C(=O)N1CC[C@@H](n2c(F)c(-c3ccc(Oc4ccccc4)cc3)c3c(N)ncnc32)C1. The van der Waals surface area contributed by atoms with Crippen LogP contribution in [0.5, 0.6) is 11.5 Å². The van der Waals surface area contributed by atoms with E-state index in [4.69, 9.17) is 10.5 Å². The number of carbonyl (C=O) groups is 1. The molecular weight excluding hydrogens is 459 g/mol. The van der Waals surface area contributed by atoms with Crippen molar-refractivity contribution in [3.8, 4) is 22.6 Å². The number of nitrogens with one attached hydrogen (secondary N) is 1. The number of rotatable bonds is 7. The highest BCUT2D eigenvalue weighted by Crippen LogP contribution is 2.39. The van der Waals surface area contributed by atoms with Gasteiger partial charge in [0.2, 0.25) is 11.9 Å². The smallest absolute Gasteiger partial charge is 0.246 e. The lowest BCUT2D eigenvalue weighted by atomic mass is 10.1. The molecule has 1 atom stereocenters. The van der Waals surface area contributed by atoms with Gasteiger partial charge in [-0.05, 0) is 43.3 Å². The number of benzene rings is 2. The van der Waals surface area contributed by atoms with E-state index in [2.05, 4.69) is 15.3 Å². The molecule has 184 valence electrons. The zero-order valence-corrected chi connectivity index (χ0v) is 19.9. The van der Waals surface area contributed by atoms with Gasteiger partial charge in [-0.15, -0.1) is 0 Å². The topological polar surface area (TPSA) is 98.3 Å². The van der Waals surface area contributed by atoms with Gasteiger partial charge in [-0.25, -0.2) is 9.97 Å². The van der Waals surface area contributed by atoms with Crippen molar-refractivity contribution in [1.29, 1.82) is 0 Å². The largest absolute Gasteiger partial charge is 0.457 e. The van der Waals surface area contributed by atoms with Crippen LogP contribution >= 0.6 is 0 Å². The molecule has 1 saturated heterocycles. The van der Waals surface area contributed by atoms with E-state index in [1.54, 1.807) is 45.9 Å². The molecule has 2 aromatic heterocycles. The van der Waals surface area contributed by atoms with Crippen LogP contribution in [0.15, 0.2) is 73.1 Å². The lowest BCUT2D eigenvalue weighted by Crippen LogP contribution is -2.27. The van der Waals surface area contributed by atoms with Crippen molar-refractivity contribution in [2.24, 2.45) is 0 Å². The Morgan fingerprint density at radius 3 is 2.67 bits per heavy atom. The quantitative estimate of drug-likeness (QED) is 0.381. The summed E-state index contributed by atoms with van der Waals surface area (Å²) in [5, 5.41) is 3.43. The molecule has 1 aliphatic heterocycles. The summed E-state index contributed by atoms with van der Waals surface area (Å²) in [5.74, 6) is 1.02. The second-order valence-corrected chi connectivity index (χ2v) is 8.62.